The summed E-state index contributed by atoms with van der Waals surface area (Å²) in [6.45, 7) is 0. The Morgan fingerprint density at radius 2 is 1.94 bits per heavy atom. The molecule has 88 valence electrons. The zero-order chi connectivity index (χ0) is 12.5. The second-order valence-electron chi connectivity index (χ2n) is 4.21. The number of hydrogen-bond donors (Lipinski definition) is 0. The topological polar surface area (TPSA) is 37.9 Å². The number of rotatable bonds is 2. The normalized spacial score (nSPS) is 13.6. The van der Waals surface area contributed by atoms with Crippen LogP contribution in [0.1, 0.15) is 5.56 Å². The van der Waals surface area contributed by atoms with Crippen LogP contribution in [0.3, 0.4) is 0 Å². The number of aromatic nitrogens is 2. The SMILES string of the molecule is C[N+]1=CC(c2cnc(=O)n(-c3ccccc3)c2)=C1. The van der Waals surface area contributed by atoms with Crippen molar-refractivity contribution in [2.45, 2.75) is 0 Å². The summed E-state index contributed by atoms with van der Waals surface area (Å²) < 4.78 is 3.52. The molecule has 1 aromatic carbocycles. The van der Waals surface area contributed by atoms with E-state index in [1.807, 2.05) is 60.6 Å². The maximum absolute atomic E-state index is 11.8. The first-order chi connectivity index (χ1) is 8.74. The number of allylic oxidation sites excluding steroid dienone is 1. The Morgan fingerprint density at radius 3 is 2.61 bits per heavy atom. The molecule has 0 bridgehead atoms. The van der Waals surface area contributed by atoms with E-state index < -0.39 is 0 Å². The molecule has 0 radical (unpaired) electrons. The summed E-state index contributed by atoms with van der Waals surface area (Å²) in [4.78, 5) is 15.7. The van der Waals surface area contributed by atoms with Crippen molar-refractivity contribution in [2.75, 3.05) is 7.05 Å². The fourth-order valence-electron chi connectivity index (χ4n) is 1.91. The van der Waals surface area contributed by atoms with Gasteiger partial charge in [-0.3, -0.25) is 4.57 Å². The minimum Gasteiger partial charge on any atom is -0.267 e. The van der Waals surface area contributed by atoms with E-state index in [4.69, 9.17) is 0 Å². The van der Waals surface area contributed by atoms with Crippen LogP contribution in [0.15, 0.2) is 53.7 Å². The molecule has 0 atom stereocenters. The summed E-state index contributed by atoms with van der Waals surface area (Å²) in [7, 11) is 1.96. The molecular formula is C14H12N3O+. The predicted octanol–water partition coefficient (Wildman–Crippen LogP) is 1.30. The first kappa shape index (κ1) is 10.7. The molecule has 4 nitrogen and oxygen atoms in total. The standard InChI is InChI=1S/C14H12N3O/c1-16-8-12(9-16)11-7-15-14(18)17(10-11)13-5-3-2-4-6-13/h2-10H,1H3/q+1. The van der Waals surface area contributed by atoms with Crippen molar-refractivity contribution < 1.29 is 4.58 Å². The first-order valence-corrected chi connectivity index (χ1v) is 5.67. The van der Waals surface area contributed by atoms with Gasteiger partial charge in [-0.05, 0) is 12.1 Å². The van der Waals surface area contributed by atoms with Gasteiger partial charge in [-0.15, -0.1) is 0 Å². The Hall–Kier alpha value is -2.49. The molecule has 0 unspecified atom stereocenters. The minimum atomic E-state index is -0.266. The number of nitrogens with zero attached hydrogens (tertiary/aromatic N) is 3. The molecule has 2 heterocycles. The second kappa shape index (κ2) is 4.07. The first-order valence-electron chi connectivity index (χ1n) is 5.67. The van der Waals surface area contributed by atoms with Gasteiger partial charge in [0.25, 0.3) is 0 Å². The average Bonchev–Trinajstić information content (AvgIpc) is 2.37. The number of benzene rings is 1. The predicted molar refractivity (Wildman–Crippen MR) is 70.1 cm³/mol. The van der Waals surface area contributed by atoms with E-state index in [0.717, 1.165) is 16.8 Å². The Labute approximate surface area is 104 Å². The molecule has 0 saturated heterocycles. The van der Waals surface area contributed by atoms with Crippen molar-refractivity contribution in [3.05, 3.63) is 65.0 Å². The van der Waals surface area contributed by atoms with Gasteiger partial charge >= 0.3 is 5.69 Å². The maximum Gasteiger partial charge on any atom is 0.352 e. The second-order valence-corrected chi connectivity index (χ2v) is 4.21. The van der Waals surface area contributed by atoms with Crippen LogP contribution in [-0.4, -0.2) is 27.4 Å². The van der Waals surface area contributed by atoms with Crippen molar-refractivity contribution in [3.8, 4) is 5.69 Å². The molecule has 18 heavy (non-hydrogen) atoms. The van der Waals surface area contributed by atoms with Crippen LogP contribution in [0.2, 0.25) is 0 Å². The quantitative estimate of drug-likeness (QED) is 0.740. The monoisotopic (exact) mass is 238 g/mol. The zero-order valence-corrected chi connectivity index (χ0v) is 9.95. The van der Waals surface area contributed by atoms with Gasteiger partial charge in [-0.2, -0.15) is 0 Å². The largest absolute Gasteiger partial charge is 0.352 e. The fourth-order valence-corrected chi connectivity index (χ4v) is 1.91. The van der Waals surface area contributed by atoms with Gasteiger partial charge in [0.2, 0.25) is 0 Å². The van der Waals surface area contributed by atoms with Gasteiger partial charge in [0.05, 0.1) is 5.69 Å². The fraction of sp³-hybridized carbons (Fsp3) is 0.0714. The minimum absolute atomic E-state index is 0.266. The molecule has 0 N–H and O–H groups in total. The van der Waals surface area contributed by atoms with Crippen LogP contribution >= 0.6 is 0 Å². The molecule has 1 aromatic heterocycles. The summed E-state index contributed by atoms with van der Waals surface area (Å²) in [5, 5.41) is 0. The van der Waals surface area contributed by atoms with Crippen LogP contribution in [-0.2, 0) is 0 Å². The van der Waals surface area contributed by atoms with Crippen molar-refractivity contribution in [2.24, 2.45) is 0 Å². The average molecular weight is 238 g/mol. The van der Waals surface area contributed by atoms with Crippen LogP contribution < -0.4 is 5.69 Å². The highest BCUT2D eigenvalue weighted by molar-refractivity contribution is 6.09. The van der Waals surface area contributed by atoms with Crippen LogP contribution in [0, 0.1) is 0 Å². The third kappa shape index (κ3) is 1.78. The van der Waals surface area contributed by atoms with E-state index in [-0.39, 0.29) is 5.69 Å². The smallest absolute Gasteiger partial charge is 0.267 e. The van der Waals surface area contributed by atoms with Crippen molar-refractivity contribution in [3.63, 3.8) is 0 Å². The highest BCUT2D eigenvalue weighted by Crippen LogP contribution is 2.15. The van der Waals surface area contributed by atoms with Crippen LogP contribution in [0.25, 0.3) is 11.3 Å². The van der Waals surface area contributed by atoms with Gasteiger partial charge in [0.15, 0.2) is 12.4 Å². The van der Waals surface area contributed by atoms with Crippen LogP contribution in [0.5, 0.6) is 0 Å². The van der Waals surface area contributed by atoms with Gasteiger partial charge in [-0.1, -0.05) is 18.2 Å². The molecule has 4 heteroatoms. The van der Waals surface area contributed by atoms with E-state index in [0.29, 0.717) is 0 Å². The molecule has 0 fully saturated rings. The van der Waals surface area contributed by atoms with Gasteiger partial charge in [-0.25, -0.2) is 14.4 Å². The molecule has 0 aliphatic carbocycles. The molecule has 0 amide bonds. The van der Waals surface area contributed by atoms with Crippen molar-refractivity contribution in [1.82, 2.24) is 9.55 Å². The molecule has 1 aliphatic heterocycles. The number of para-hydroxylation sites is 1. The Balaban J connectivity index is 2.08. The Kier molecular flexibility index (Phi) is 2.41. The van der Waals surface area contributed by atoms with Gasteiger partial charge < -0.3 is 0 Å². The zero-order valence-electron chi connectivity index (χ0n) is 9.95. The summed E-state index contributed by atoms with van der Waals surface area (Å²) in [6.07, 6.45) is 7.42. The van der Waals surface area contributed by atoms with Gasteiger partial charge in [0.1, 0.15) is 12.6 Å². The van der Waals surface area contributed by atoms with E-state index in [2.05, 4.69) is 4.98 Å². The van der Waals surface area contributed by atoms with Crippen molar-refractivity contribution >= 4 is 11.8 Å². The van der Waals surface area contributed by atoms with Crippen molar-refractivity contribution in [1.29, 1.82) is 0 Å². The Morgan fingerprint density at radius 1 is 1.22 bits per heavy atom. The molecule has 0 saturated carbocycles. The molecule has 1 aliphatic rings. The summed E-state index contributed by atoms with van der Waals surface area (Å²) >= 11 is 0. The third-order valence-corrected chi connectivity index (χ3v) is 2.84. The third-order valence-electron chi connectivity index (χ3n) is 2.84. The van der Waals surface area contributed by atoms with E-state index >= 15 is 0 Å². The lowest BCUT2D eigenvalue weighted by Gasteiger charge is -2.09. The molecule has 3 rings (SSSR count). The maximum atomic E-state index is 11.8. The molecule has 0 spiro atoms. The highest BCUT2D eigenvalue weighted by Gasteiger charge is 2.16. The van der Waals surface area contributed by atoms with Crippen LogP contribution in [0.4, 0.5) is 0 Å². The van der Waals surface area contributed by atoms with E-state index in [1.165, 1.54) is 0 Å². The highest BCUT2D eigenvalue weighted by atomic mass is 16.1. The Bertz CT molecular complexity index is 711. The molecule has 2 aromatic rings. The lowest BCUT2D eigenvalue weighted by molar-refractivity contribution is -0.423. The number of hydrogen-bond acceptors (Lipinski definition) is 2. The van der Waals surface area contributed by atoms with Gasteiger partial charge in [0, 0.05) is 18.0 Å². The van der Waals surface area contributed by atoms with E-state index in [9.17, 15) is 4.79 Å². The summed E-state index contributed by atoms with van der Waals surface area (Å²) in [5.41, 5.74) is 2.58. The van der Waals surface area contributed by atoms with E-state index in [1.54, 1.807) is 10.8 Å². The summed E-state index contributed by atoms with van der Waals surface area (Å²) in [5.74, 6) is 0. The lowest BCUT2D eigenvalue weighted by Crippen LogP contribution is -2.22. The molecular weight excluding hydrogens is 226 g/mol. The summed E-state index contributed by atoms with van der Waals surface area (Å²) in [6, 6.07) is 9.49. The lowest BCUT2D eigenvalue weighted by atomic mass is 10.1.